The standard InChI is InChI=1S/C14H18N3O2.K/c1-3-16-13(19)17-11-5-4-9-7-14(2,12(15)18)8-10(9)6-11;/h4-6H,2-3,7-8H2,1H3,(H4,15,16,17,18,19);/q-1;+1/p-1. The third-order valence-electron chi connectivity index (χ3n) is 3.34. The van der Waals surface area contributed by atoms with Crippen molar-refractivity contribution in [3.8, 4) is 0 Å². The fourth-order valence-corrected chi connectivity index (χ4v) is 2.33. The second-order valence-corrected chi connectivity index (χ2v) is 4.93. The van der Waals surface area contributed by atoms with Crippen LogP contribution in [0.4, 0.5) is 10.5 Å². The molecule has 1 aromatic rings. The van der Waals surface area contributed by atoms with Gasteiger partial charge in [0.05, 0.1) is 0 Å². The van der Waals surface area contributed by atoms with Gasteiger partial charge in [-0.1, -0.05) is 6.07 Å². The molecule has 1 aliphatic rings. The molecule has 0 heterocycles. The zero-order valence-corrected chi connectivity index (χ0v) is 15.0. The number of nitrogens with one attached hydrogen (secondary N) is 3. The van der Waals surface area contributed by atoms with E-state index in [2.05, 4.69) is 17.6 Å². The summed E-state index contributed by atoms with van der Waals surface area (Å²) in [6.45, 7) is 6.27. The zero-order valence-electron chi connectivity index (χ0n) is 11.9. The van der Waals surface area contributed by atoms with E-state index in [1.807, 2.05) is 19.1 Å². The van der Waals surface area contributed by atoms with Crippen molar-refractivity contribution < 1.29 is 61.0 Å². The molecule has 1 atom stereocenters. The molecule has 1 aromatic carbocycles. The van der Waals surface area contributed by atoms with Crippen LogP contribution in [0, 0.1) is 12.3 Å². The topological polar surface area (TPSA) is 82.0 Å². The Balaban J connectivity index is 0.00000200. The van der Waals surface area contributed by atoms with Crippen molar-refractivity contribution in [2.45, 2.75) is 19.8 Å². The number of rotatable bonds is 3. The third-order valence-corrected chi connectivity index (χ3v) is 3.34. The normalized spacial score (nSPS) is 19.7. The summed E-state index contributed by atoms with van der Waals surface area (Å²) in [6, 6.07) is 5.28. The van der Waals surface area contributed by atoms with E-state index in [-0.39, 0.29) is 57.4 Å². The molecule has 0 saturated carbocycles. The molecule has 20 heavy (non-hydrogen) atoms. The molecule has 0 saturated heterocycles. The number of carbonyl (C=O) groups is 2. The molecular weight excluding hydrogens is 281 g/mol. The summed E-state index contributed by atoms with van der Waals surface area (Å²) in [5.74, 6) is -0.637. The first kappa shape index (κ1) is 17.6. The van der Waals surface area contributed by atoms with Crippen LogP contribution in [-0.2, 0) is 17.6 Å². The number of carbonyl (C=O) groups excluding carboxylic acids is 2. The van der Waals surface area contributed by atoms with Crippen molar-refractivity contribution >= 4 is 17.6 Å². The van der Waals surface area contributed by atoms with Crippen molar-refractivity contribution in [1.82, 2.24) is 5.32 Å². The fraction of sp³-hybridized carbons (Fsp3) is 0.357. The maximum atomic E-state index is 11.4. The van der Waals surface area contributed by atoms with Crippen LogP contribution in [-0.4, -0.2) is 18.5 Å². The minimum atomic E-state index is -0.868. The average molecular weight is 298 g/mol. The van der Waals surface area contributed by atoms with Crippen LogP contribution < -0.4 is 62.0 Å². The van der Waals surface area contributed by atoms with Crippen LogP contribution in [0.1, 0.15) is 18.1 Å². The molecule has 0 radical (unpaired) electrons. The summed E-state index contributed by atoms with van der Waals surface area (Å²) >= 11 is 0. The van der Waals surface area contributed by atoms with Gasteiger partial charge in [0, 0.05) is 18.1 Å². The average Bonchev–Trinajstić information content (AvgIpc) is 2.66. The number of anilines is 1. The van der Waals surface area contributed by atoms with Crippen LogP contribution in [0.25, 0.3) is 5.73 Å². The molecule has 0 aliphatic heterocycles. The SMILES string of the molecule is [CH2-]C1(C([NH-])=O)Cc2ccc(NC(=O)NCC)cc2C1.[K+]. The second kappa shape index (κ2) is 7.04. The Morgan fingerprint density at radius 1 is 1.35 bits per heavy atom. The van der Waals surface area contributed by atoms with Gasteiger partial charge in [0.15, 0.2) is 0 Å². The predicted molar refractivity (Wildman–Crippen MR) is 73.7 cm³/mol. The van der Waals surface area contributed by atoms with Gasteiger partial charge in [-0.05, 0) is 43.0 Å². The maximum absolute atomic E-state index is 11.4. The number of amides is 3. The molecule has 1 aliphatic carbocycles. The van der Waals surface area contributed by atoms with Gasteiger partial charge in [-0.25, -0.2) is 4.79 Å². The number of hydrogen-bond acceptors (Lipinski definition) is 2. The summed E-state index contributed by atoms with van der Waals surface area (Å²) < 4.78 is 0. The Hall–Kier alpha value is -0.404. The van der Waals surface area contributed by atoms with Crippen LogP contribution in [0.3, 0.4) is 0 Å². The Morgan fingerprint density at radius 2 is 2.00 bits per heavy atom. The Kier molecular flexibility index (Phi) is 6.21. The van der Waals surface area contributed by atoms with Gasteiger partial charge in [0.1, 0.15) is 0 Å². The van der Waals surface area contributed by atoms with E-state index in [1.165, 1.54) is 0 Å². The van der Waals surface area contributed by atoms with Gasteiger partial charge in [0.25, 0.3) is 0 Å². The summed E-state index contributed by atoms with van der Waals surface area (Å²) in [6.07, 6.45) is 0.946. The van der Waals surface area contributed by atoms with Crippen molar-refractivity contribution in [3.63, 3.8) is 0 Å². The smallest absolute Gasteiger partial charge is 0.670 e. The number of urea groups is 1. The first-order chi connectivity index (χ1) is 8.94. The molecular formula is C14H17KN3O2-. The van der Waals surface area contributed by atoms with Crippen molar-refractivity contribution in [1.29, 1.82) is 0 Å². The van der Waals surface area contributed by atoms with E-state index in [9.17, 15) is 9.59 Å². The number of fused-ring (bicyclic) bond motifs is 1. The minimum absolute atomic E-state index is 0. The molecule has 102 valence electrons. The van der Waals surface area contributed by atoms with Crippen molar-refractivity contribution in [2.75, 3.05) is 11.9 Å². The molecule has 0 fully saturated rings. The second-order valence-electron chi connectivity index (χ2n) is 4.93. The largest absolute Gasteiger partial charge is 1.00 e. The van der Waals surface area contributed by atoms with E-state index in [0.29, 0.717) is 25.1 Å². The Bertz CT molecular complexity index is 533. The van der Waals surface area contributed by atoms with Crippen molar-refractivity contribution in [3.05, 3.63) is 42.0 Å². The summed E-state index contributed by atoms with van der Waals surface area (Å²) in [5.41, 5.74) is 9.11. The van der Waals surface area contributed by atoms with Crippen LogP contribution in [0.2, 0.25) is 0 Å². The maximum Gasteiger partial charge on any atom is 1.00 e. The number of hydrogen-bond donors (Lipinski definition) is 2. The summed E-state index contributed by atoms with van der Waals surface area (Å²) in [4.78, 5) is 22.7. The van der Waals surface area contributed by atoms with Gasteiger partial charge >= 0.3 is 57.4 Å². The molecule has 3 amide bonds. The van der Waals surface area contributed by atoms with Crippen LogP contribution >= 0.6 is 0 Å². The van der Waals surface area contributed by atoms with Gasteiger partial charge in [-0.15, -0.1) is 5.41 Å². The molecule has 6 heteroatoms. The van der Waals surface area contributed by atoms with E-state index < -0.39 is 11.3 Å². The first-order valence-corrected chi connectivity index (χ1v) is 6.22. The molecule has 0 bridgehead atoms. The van der Waals surface area contributed by atoms with Gasteiger partial charge < -0.3 is 28.1 Å². The van der Waals surface area contributed by atoms with E-state index >= 15 is 0 Å². The fourth-order valence-electron chi connectivity index (χ4n) is 2.33. The molecule has 0 aromatic heterocycles. The molecule has 5 nitrogen and oxygen atoms in total. The molecule has 0 spiro atoms. The predicted octanol–water partition coefficient (Wildman–Crippen LogP) is -0.670. The summed E-state index contributed by atoms with van der Waals surface area (Å²) in [7, 11) is 0. The summed E-state index contributed by atoms with van der Waals surface area (Å²) in [5, 5.41) is 5.38. The van der Waals surface area contributed by atoms with Gasteiger partial charge in [0.2, 0.25) is 0 Å². The van der Waals surface area contributed by atoms with E-state index in [0.717, 1.165) is 11.1 Å². The monoisotopic (exact) mass is 298 g/mol. The first-order valence-electron chi connectivity index (χ1n) is 6.22. The van der Waals surface area contributed by atoms with Gasteiger partial charge in [-0.3, -0.25) is 0 Å². The van der Waals surface area contributed by atoms with Crippen LogP contribution in [0.5, 0.6) is 0 Å². The molecule has 2 rings (SSSR count). The quantitative estimate of drug-likeness (QED) is 0.573. The Labute approximate surface area is 161 Å². The Morgan fingerprint density at radius 3 is 2.60 bits per heavy atom. The zero-order chi connectivity index (χ0) is 14.0. The van der Waals surface area contributed by atoms with Crippen LogP contribution in [0.15, 0.2) is 18.2 Å². The van der Waals surface area contributed by atoms with E-state index in [4.69, 9.17) is 5.73 Å². The minimum Gasteiger partial charge on any atom is -0.670 e. The molecule has 3 N–H and O–H groups in total. The van der Waals surface area contributed by atoms with Gasteiger partial charge in [-0.2, -0.15) is 0 Å². The third kappa shape index (κ3) is 3.83. The van der Waals surface area contributed by atoms with Crippen molar-refractivity contribution in [2.24, 2.45) is 5.41 Å². The number of benzene rings is 1. The van der Waals surface area contributed by atoms with E-state index in [1.54, 1.807) is 6.07 Å². The molecule has 1 unspecified atom stereocenters.